The van der Waals surface area contributed by atoms with Crippen molar-refractivity contribution in [3.63, 3.8) is 0 Å². The Bertz CT molecular complexity index is 961. The molecule has 0 atom stereocenters. The lowest BCUT2D eigenvalue weighted by Crippen LogP contribution is -2.19. The zero-order valence-electron chi connectivity index (χ0n) is 13.6. The Morgan fingerprint density at radius 1 is 1.21 bits per heavy atom. The highest BCUT2D eigenvalue weighted by Gasteiger charge is 2.09. The third kappa shape index (κ3) is 3.15. The van der Waals surface area contributed by atoms with E-state index in [9.17, 15) is 9.59 Å². The zero-order valence-corrected chi connectivity index (χ0v) is 13.6. The molecule has 0 aliphatic carbocycles. The summed E-state index contributed by atoms with van der Waals surface area (Å²) in [5, 5.41) is 10.3. The van der Waals surface area contributed by atoms with Gasteiger partial charge in [-0.3, -0.25) is 14.7 Å². The summed E-state index contributed by atoms with van der Waals surface area (Å²) < 4.78 is 0. The number of aromatic nitrogens is 3. The van der Waals surface area contributed by atoms with Gasteiger partial charge in [0.1, 0.15) is 0 Å². The molecule has 1 amide bonds. The van der Waals surface area contributed by atoms with E-state index >= 15 is 0 Å². The number of hydrazone groups is 1. The summed E-state index contributed by atoms with van der Waals surface area (Å²) in [6, 6.07) is 7.92. The Hall–Kier alpha value is -3.09. The number of carbonyl (C=O) groups excluding carboxylic acids is 1. The van der Waals surface area contributed by atoms with Gasteiger partial charge in [0.2, 0.25) is 5.91 Å². The van der Waals surface area contributed by atoms with E-state index in [1.165, 1.54) is 0 Å². The maximum atomic E-state index is 11.9. The molecule has 1 aromatic carbocycles. The first kappa shape index (κ1) is 15.8. The van der Waals surface area contributed by atoms with Crippen molar-refractivity contribution in [2.75, 3.05) is 0 Å². The normalized spacial score (nSPS) is 11.4. The van der Waals surface area contributed by atoms with Gasteiger partial charge in [0.05, 0.1) is 6.21 Å². The second kappa shape index (κ2) is 6.57. The average molecular weight is 325 g/mol. The molecule has 0 saturated heterocycles. The van der Waals surface area contributed by atoms with Gasteiger partial charge in [0, 0.05) is 39.8 Å². The summed E-state index contributed by atoms with van der Waals surface area (Å²) in [4.78, 5) is 26.7. The second-order valence-corrected chi connectivity index (χ2v) is 5.69. The number of rotatable bonds is 5. The van der Waals surface area contributed by atoms with Crippen LogP contribution in [0.2, 0.25) is 0 Å². The van der Waals surface area contributed by atoms with Crippen LogP contribution >= 0.6 is 0 Å². The standard InChI is InChI=1S/C17H19N5O2/c1-10-14(13-5-3-4-6-15(13)19-10)9-18-21-16(23)8-7-12-11(2)20-22-17(12)24/h3-6,9,19H,7-8H2,1-2H3,(H,21,23)(H2,20,22,24)/b18-9+. The van der Waals surface area contributed by atoms with Crippen molar-refractivity contribution in [3.05, 3.63) is 57.1 Å². The van der Waals surface area contributed by atoms with Crippen LogP contribution in [0.25, 0.3) is 10.9 Å². The number of aryl methyl sites for hydroxylation is 2. The number of fused-ring (bicyclic) bond motifs is 1. The molecule has 0 aliphatic rings. The Morgan fingerprint density at radius 2 is 2.00 bits per heavy atom. The van der Waals surface area contributed by atoms with Crippen molar-refractivity contribution in [2.24, 2.45) is 5.10 Å². The highest BCUT2D eigenvalue weighted by atomic mass is 16.2. The van der Waals surface area contributed by atoms with Crippen LogP contribution in [0.1, 0.15) is 28.9 Å². The van der Waals surface area contributed by atoms with Gasteiger partial charge < -0.3 is 10.1 Å². The molecule has 2 heterocycles. The fourth-order valence-corrected chi connectivity index (χ4v) is 2.70. The Morgan fingerprint density at radius 3 is 2.75 bits per heavy atom. The maximum absolute atomic E-state index is 11.9. The minimum absolute atomic E-state index is 0.182. The lowest BCUT2D eigenvalue weighted by molar-refractivity contribution is -0.121. The van der Waals surface area contributed by atoms with E-state index in [0.29, 0.717) is 12.0 Å². The predicted molar refractivity (Wildman–Crippen MR) is 93.2 cm³/mol. The summed E-state index contributed by atoms with van der Waals surface area (Å²) >= 11 is 0. The third-order valence-corrected chi connectivity index (χ3v) is 4.02. The smallest absolute Gasteiger partial charge is 0.267 e. The average Bonchev–Trinajstić information content (AvgIpc) is 3.05. The Kier molecular flexibility index (Phi) is 4.33. The highest BCUT2D eigenvalue weighted by Crippen LogP contribution is 2.19. The number of H-pyrrole nitrogens is 3. The Labute approximate surface area is 138 Å². The van der Waals surface area contributed by atoms with Gasteiger partial charge in [0.15, 0.2) is 0 Å². The summed E-state index contributed by atoms with van der Waals surface area (Å²) in [5.74, 6) is -0.233. The van der Waals surface area contributed by atoms with Gasteiger partial charge in [0.25, 0.3) is 5.56 Å². The molecule has 0 saturated carbocycles. The number of benzene rings is 1. The van der Waals surface area contributed by atoms with E-state index in [4.69, 9.17) is 0 Å². The van der Waals surface area contributed by atoms with Crippen molar-refractivity contribution in [3.8, 4) is 0 Å². The van der Waals surface area contributed by atoms with Gasteiger partial charge in [-0.2, -0.15) is 5.10 Å². The minimum atomic E-state index is -0.233. The van der Waals surface area contributed by atoms with E-state index in [2.05, 4.69) is 25.7 Å². The molecule has 0 aliphatic heterocycles. The number of carbonyl (C=O) groups is 1. The van der Waals surface area contributed by atoms with Crippen LogP contribution in [0.15, 0.2) is 34.2 Å². The first-order valence-corrected chi connectivity index (χ1v) is 7.71. The van der Waals surface area contributed by atoms with Crippen LogP contribution in [-0.4, -0.2) is 27.3 Å². The van der Waals surface area contributed by atoms with Crippen molar-refractivity contribution >= 4 is 23.0 Å². The highest BCUT2D eigenvalue weighted by molar-refractivity contribution is 6.00. The molecule has 0 radical (unpaired) electrons. The number of aromatic amines is 3. The van der Waals surface area contributed by atoms with Crippen LogP contribution in [0.3, 0.4) is 0 Å². The van der Waals surface area contributed by atoms with Crippen LogP contribution < -0.4 is 11.0 Å². The molecule has 4 N–H and O–H groups in total. The van der Waals surface area contributed by atoms with Crippen LogP contribution in [0.4, 0.5) is 0 Å². The van der Waals surface area contributed by atoms with Crippen LogP contribution in [-0.2, 0) is 11.2 Å². The molecule has 7 nitrogen and oxygen atoms in total. The summed E-state index contributed by atoms with van der Waals surface area (Å²) in [7, 11) is 0. The molecule has 7 heteroatoms. The van der Waals surface area contributed by atoms with Gasteiger partial charge in [-0.15, -0.1) is 0 Å². The van der Waals surface area contributed by atoms with Crippen LogP contribution in [0.5, 0.6) is 0 Å². The molecule has 3 aromatic rings. The van der Waals surface area contributed by atoms with Crippen molar-refractivity contribution < 1.29 is 4.79 Å². The third-order valence-electron chi connectivity index (χ3n) is 4.02. The molecule has 0 spiro atoms. The van der Waals surface area contributed by atoms with Gasteiger partial charge in [-0.05, 0) is 26.3 Å². The lowest BCUT2D eigenvalue weighted by atomic mass is 10.1. The molecule has 0 bridgehead atoms. The monoisotopic (exact) mass is 325 g/mol. The molecule has 124 valence electrons. The van der Waals surface area contributed by atoms with Crippen molar-refractivity contribution in [1.29, 1.82) is 0 Å². The van der Waals surface area contributed by atoms with E-state index in [1.54, 1.807) is 13.1 Å². The van der Waals surface area contributed by atoms with Gasteiger partial charge in [-0.25, -0.2) is 5.43 Å². The Balaban J connectivity index is 1.62. The van der Waals surface area contributed by atoms with E-state index in [0.717, 1.165) is 27.9 Å². The first-order valence-electron chi connectivity index (χ1n) is 7.71. The number of nitrogens with zero attached hydrogens (tertiary/aromatic N) is 1. The molecular formula is C17H19N5O2. The quantitative estimate of drug-likeness (QED) is 0.425. The van der Waals surface area contributed by atoms with Crippen LogP contribution in [0, 0.1) is 13.8 Å². The number of hydrogen-bond donors (Lipinski definition) is 4. The predicted octanol–water partition coefficient (Wildman–Crippen LogP) is 1.88. The van der Waals surface area contributed by atoms with E-state index in [-0.39, 0.29) is 17.9 Å². The fraction of sp³-hybridized carbons (Fsp3) is 0.235. The molecular weight excluding hydrogens is 306 g/mol. The topological polar surface area (TPSA) is 106 Å². The lowest BCUT2D eigenvalue weighted by Gasteiger charge is -1.99. The minimum Gasteiger partial charge on any atom is -0.358 e. The van der Waals surface area contributed by atoms with E-state index < -0.39 is 0 Å². The summed E-state index contributed by atoms with van der Waals surface area (Å²) in [6.45, 7) is 3.76. The largest absolute Gasteiger partial charge is 0.358 e. The fourth-order valence-electron chi connectivity index (χ4n) is 2.70. The molecule has 0 unspecified atom stereocenters. The SMILES string of the molecule is Cc1[nH][nH]c(=O)c1CCC(=O)N/N=C/c1c(C)[nH]c2ccccc12. The molecule has 24 heavy (non-hydrogen) atoms. The van der Waals surface area contributed by atoms with Crippen molar-refractivity contribution in [1.82, 2.24) is 20.6 Å². The zero-order chi connectivity index (χ0) is 17.1. The summed E-state index contributed by atoms with van der Waals surface area (Å²) in [6.07, 6.45) is 2.21. The number of amides is 1. The molecule has 3 rings (SSSR count). The summed E-state index contributed by atoms with van der Waals surface area (Å²) in [5.41, 5.74) is 6.65. The van der Waals surface area contributed by atoms with Crippen molar-refractivity contribution in [2.45, 2.75) is 26.7 Å². The number of para-hydroxylation sites is 1. The number of hydrogen-bond acceptors (Lipinski definition) is 3. The number of nitrogens with one attached hydrogen (secondary N) is 4. The van der Waals surface area contributed by atoms with Gasteiger partial charge >= 0.3 is 0 Å². The molecule has 0 fully saturated rings. The van der Waals surface area contributed by atoms with Gasteiger partial charge in [-0.1, -0.05) is 18.2 Å². The second-order valence-electron chi connectivity index (χ2n) is 5.69. The molecule has 2 aromatic heterocycles. The maximum Gasteiger partial charge on any atom is 0.267 e. The van der Waals surface area contributed by atoms with E-state index in [1.807, 2.05) is 31.2 Å². The first-order chi connectivity index (χ1) is 11.6.